The summed E-state index contributed by atoms with van der Waals surface area (Å²) in [6, 6.07) is 4.65. The monoisotopic (exact) mass is 224 g/mol. The number of unbranched alkanes of at least 4 members (excludes halogenated alkanes) is 1. The summed E-state index contributed by atoms with van der Waals surface area (Å²) in [5.74, 6) is -0.402. The smallest absolute Gasteiger partial charge is 0.338 e. The van der Waals surface area contributed by atoms with E-state index >= 15 is 0 Å². The number of carbonyl (C=O) groups is 1. The Labute approximate surface area is 94.5 Å². The van der Waals surface area contributed by atoms with Crippen LogP contribution >= 0.6 is 0 Å². The van der Waals surface area contributed by atoms with Crippen LogP contribution in [0.25, 0.3) is 0 Å². The zero-order valence-corrected chi connectivity index (χ0v) is 9.27. The Hall–Kier alpha value is -1.55. The number of carbonyl (C=O) groups excluding carboxylic acids is 1. The van der Waals surface area contributed by atoms with Crippen LogP contribution in [0.4, 0.5) is 0 Å². The van der Waals surface area contributed by atoms with Crippen LogP contribution in [-0.4, -0.2) is 29.9 Å². The number of aliphatic hydroxyl groups excluding tert-OH is 1. The van der Waals surface area contributed by atoms with Crippen molar-refractivity contribution in [3.63, 3.8) is 0 Å². The SMILES string of the molecule is COC(=O)c1cc(O)ccc1CCCCO. The average Bonchev–Trinajstić information content (AvgIpc) is 2.30. The molecule has 4 nitrogen and oxygen atoms in total. The number of aromatic hydroxyl groups is 1. The van der Waals surface area contributed by atoms with Crippen LogP contribution in [0.1, 0.15) is 28.8 Å². The first-order chi connectivity index (χ1) is 7.69. The Balaban J connectivity index is 2.85. The van der Waals surface area contributed by atoms with Crippen LogP contribution in [0.5, 0.6) is 5.75 Å². The Bertz CT molecular complexity index is 360. The van der Waals surface area contributed by atoms with Crippen LogP contribution in [0.2, 0.25) is 0 Å². The third kappa shape index (κ3) is 3.24. The topological polar surface area (TPSA) is 66.8 Å². The first kappa shape index (κ1) is 12.5. The lowest BCUT2D eigenvalue weighted by atomic mass is 10.0. The van der Waals surface area contributed by atoms with Crippen molar-refractivity contribution in [2.24, 2.45) is 0 Å². The van der Waals surface area contributed by atoms with Gasteiger partial charge in [-0.15, -0.1) is 0 Å². The molecule has 0 unspecified atom stereocenters. The predicted octanol–water partition coefficient (Wildman–Crippen LogP) is 1.49. The van der Waals surface area contributed by atoms with Gasteiger partial charge in [-0.2, -0.15) is 0 Å². The fourth-order valence-corrected chi connectivity index (χ4v) is 1.51. The maximum atomic E-state index is 11.4. The molecule has 16 heavy (non-hydrogen) atoms. The molecule has 0 spiro atoms. The van der Waals surface area contributed by atoms with Crippen molar-refractivity contribution < 1.29 is 19.7 Å². The van der Waals surface area contributed by atoms with Crippen molar-refractivity contribution in [3.05, 3.63) is 29.3 Å². The summed E-state index contributed by atoms with van der Waals surface area (Å²) in [6.07, 6.45) is 2.18. The highest BCUT2D eigenvalue weighted by Gasteiger charge is 2.12. The fraction of sp³-hybridized carbons (Fsp3) is 0.417. The first-order valence-electron chi connectivity index (χ1n) is 5.20. The maximum absolute atomic E-state index is 11.4. The van der Waals surface area contributed by atoms with Crippen molar-refractivity contribution >= 4 is 5.97 Å². The molecule has 0 aliphatic carbocycles. The van der Waals surface area contributed by atoms with Gasteiger partial charge in [0.2, 0.25) is 0 Å². The number of hydrogen-bond donors (Lipinski definition) is 2. The highest BCUT2D eigenvalue weighted by Crippen LogP contribution is 2.19. The van der Waals surface area contributed by atoms with Crippen molar-refractivity contribution in [2.75, 3.05) is 13.7 Å². The van der Waals surface area contributed by atoms with Crippen molar-refractivity contribution in [1.82, 2.24) is 0 Å². The molecule has 0 heterocycles. The van der Waals surface area contributed by atoms with E-state index in [0.29, 0.717) is 18.4 Å². The lowest BCUT2D eigenvalue weighted by Gasteiger charge is -2.07. The molecule has 0 aliphatic rings. The standard InChI is InChI=1S/C12H16O4/c1-16-12(15)11-8-10(14)6-5-9(11)4-2-3-7-13/h5-6,8,13-14H,2-4,7H2,1H3. The molecule has 1 aromatic rings. The molecule has 1 rings (SSSR count). The van der Waals surface area contributed by atoms with Crippen molar-refractivity contribution in [2.45, 2.75) is 19.3 Å². The van der Waals surface area contributed by atoms with Crippen molar-refractivity contribution in [3.8, 4) is 5.75 Å². The molecule has 0 fully saturated rings. The Morgan fingerprint density at radius 2 is 2.12 bits per heavy atom. The zero-order chi connectivity index (χ0) is 12.0. The molecule has 1 aromatic carbocycles. The number of phenolic OH excluding ortho intramolecular Hbond substituents is 1. The van der Waals surface area contributed by atoms with Gasteiger partial charge in [-0.25, -0.2) is 4.79 Å². The lowest BCUT2D eigenvalue weighted by Crippen LogP contribution is -2.05. The molecule has 0 saturated heterocycles. The van der Waals surface area contributed by atoms with Gasteiger partial charge in [-0.1, -0.05) is 6.07 Å². The summed E-state index contributed by atoms with van der Waals surface area (Å²) in [5, 5.41) is 18.0. The average molecular weight is 224 g/mol. The van der Waals surface area contributed by atoms with Crippen LogP contribution in [0.15, 0.2) is 18.2 Å². The quantitative estimate of drug-likeness (QED) is 0.587. The van der Waals surface area contributed by atoms with E-state index in [0.717, 1.165) is 12.0 Å². The molecule has 0 aromatic heterocycles. The molecule has 0 aliphatic heterocycles. The number of aryl methyl sites for hydroxylation is 1. The number of hydrogen-bond acceptors (Lipinski definition) is 4. The van der Waals surface area contributed by atoms with Gasteiger partial charge >= 0.3 is 5.97 Å². The zero-order valence-electron chi connectivity index (χ0n) is 9.27. The predicted molar refractivity (Wildman–Crippen MR) is 59.5 cm³/mol. The Morgan fingerprint density at radius 1 is 1.38 bits per heavy atom. The number of benzene rings is 1. The van der Waals surface area contributed by atoms with E-state index in [1.807, 2.05) is 0 Å². The molecule has 0 radical (unpaired) electrons. The Kier molecular flexibility index (Phi) is 4.79. The normalized spacial score (nSPS) is 10.1. The minimum Gasteiger partial charge on any atom is -0.508 e. The molecule has 2 N–H and O–H groups in total. The van der Waals surface area contributed by atoms with Crippen molar-refractivity contribution in [1.29, 1.82) is 0 Å². The van der Waals surface area contributed by atoms with E-state index < -0.39 is 5.97 Å². The van der Waals surface area contributed by atoms with Gasteiger partial charge in [-0.05, 0) is 37.0 Å². The first-order valence-corrected chi connectivity index (χ1v) is 5.20. The number of methoxy groups -OCH3 is 1. The Morgan fingerprint density at radius 3 is 2.75 bits per heavy atom. The highest BCUT2D eigenvalue weighted by atomic mass is 16.5. The van der Waals surface area contributed by atoms with E-state index in [9.17, 15) is 9.90 Å². The summed E-state index contributed by atoms with van der Waals surface area (Å²) in [5.41, 5.74) is 1.22. The van der Waals surface area contributed by atoms with Crippen LogP contribution in [-0.2, 0) is 11.2 Å². The van der Waals surface area contributed by atoms with Gasteiger partial charge < -0.3 is 14.9 Å². The lowest BCUT2D eigenvalue weighted by molar-refractivity contribution is 0.0599. The van der Waals surface area contributed by atoms with E-state index in [1.54, 1.807) is 12.1 Å². The van der Waals surface area contributed by atoms with Gasteiger partial charge in [0.1, 0.15) is 5.75 Å². The number of ether oxygens (including phenoxy) is 1. The molecule has 0 bridgehead atoms. The van der Waals surface area contributed by atoms with E-state index in [2.05, 4.69) is 4.74 Å². The van der Waals surface area contributed by atoms with Gasteiger partial charge in [0, 0.05) is 6.61 Å². The minimum atomic E-state index is -0.449. The maximum Gasteiger partial charge on any atom is 0.338 e. The summed E-state index contributed by atoms with van der Waals surface area (Å²) in [4.78, 5) is 11.4. The van der Waals surface area contributed by atoms with E-state index in [1.165, 1.54) is 13.2 Å². The van der Waals surface area contributed by atoms with Gasteiger partial charge in [0.25, 0.3) is 0 Å². The largest absolute Gasteiger partial charge is 0.508 e. The van der Waals surface area contributed by atoms with Gasteiger partial charge in [0.05, 0.1) is 12.7 Å². The molecule has 88 valence electrons. The third-order valence-electron chi connectivity index (χ3n) is 2.35. The van der Waals surface area contributed by atoms with E-state index in [4.69, 9.17) is 5.11 Å². The van der Waals surface area contributed by atoms with Crippen LogP contribution in [0.3, 0.4) is 0 Å². The second kappa shape index (κ2) is 6.12. The number of esters is 1. The fourth-order valence-electron chi connectivity index (χ4n) is 1.51. The number of phenols is 1. The molecule has 0 saturated carbocycles. The molecular weight excluding hydrogens is 208 g/mol. The second-order valence-corrected chi connectivity index (χ2v) is 3.51. The van der Waals surface area contributed by atoms with Crippen LogP contribution in [0, 0.1) is 0 Å². The van der Waals surface area contributed by atoms with Gasteiger partial charge in [0.15, 0.2) is 0 Å². The highest BCUT2D eigenvalue weighted by molar-refractivity contribution is 5.91. The summed E-state index contributed by atoms with van der Waals surface area (Å²) in [6.45, 7) is 0.144. The van der Waals surface area contributed by atoms with Gasteiger partial charge in [-0.3, -0.25) is 0 Å². The van der Waals surface area contributed by atoms with E-state index in [-0.39, 0.29) is 12.4 Å². The number of rotatable bonds is 5. The summed E-state index contributed by atoms with van der Waals surface area (Å²) < 4.78 is 4.64. The second-order valence-electron chi connectivity index (χ2n) is 3.51. The number of aliphatic hydroxyl groups is 1. The molecular formula is C12H16O4. The molecule has 0 amide bonds. The molecule has 0 atom stereocenters. The minimum absolute atomic E-state index is 0.0475. The van der Waals surface area contributed by atoms with Crippen LogP contribution < -0.4 is 0 Å². The summed E-state index contributed by atoms with van der Waals surface area (Å²) >= 11 is 0. The molecule has 4 heteroatoms. The summed E-state index contributed by atoms with van der Waals surface area (Å²) in [7, 11) is 1.31. The third-order valence-corrected chi connectivity index (χ3v) is 2.35.